The third-order valence-electron chi connectivity index (χ3n) is 14.9. The Labute approximate surface area is 375 Å². The molecule has 15 nitrogen and oxygen atoms in total. The van der Waals surface area contributed by atoms with E-state index in [2.05, 4.69) is 13.8 Å². The van der Waals surface area contributed by atoms with Gasteiger partial charge in [0.1, 0.15) is 18.3 Å². The van der Waals surface area contributed by atoms with Crippen molar-refractivity contribution in [1.29, 1.82) is 0 Å². The maximum absolute atomic E-state index is 15.0. The lowest BCUT2D eigenvalue weighted by atomic mass is 9.72. The molecular weight excluding hydrogens is 811 g/mol. The van der Waals surface area contributed by atoms with E-state index in [-0.39, 0.29) is 42.9 Å². The van der Waals surface area contributed by atoms with Gasteiger partial charge in [-0.15, -0.1) is 0 Å². The van der Waals surface area contributed by atoms with E-state index in [9.17, 15) is 15.0 Å². The molecule has 0 saturated carbocycles. The molecule has 1 aromatic rings. The van der Waals surface area contributed by atoms with Gasteiger partial charge in [0.25, 0.3) is 0 Å². The molecule has 0 radical (unpaired) electrons. The largest absolute Gasteiger partial charge is 0.457 e. The van der Waals surface area contributed by atoms with Gasteiger partial charge in [-0.1, -0.05) is 65.0 Å². The van der Waals surface area contributed by atoms with Crippen molar-refractivity contribution in [3.8, 4) is 0 Å². The molecule has 0 aromatic heterocycles. The summed E-state index contributed by atoms with van der Waals surface area (Å²) >= 11 is 0. The molecule has 18 atom stereocenters. The van der Waals surface area contributed by atoms with Gasteiger partial charge in [-0.25, -0.2) is 4.79 Å². The van der Waals surface area contributed by atoms with E-state index in [1.54, 1.807) is 25.9 Å². The number of aliphatic hydroxyl groups is 2. The molecule has 1 amide bonds. The quantitative estimate of drug-likeness (QED) is 0.279. The van der Waals surface area contributed by atoms with Gasteiger partial charge in [-0.2, -0.15) is 0 Å². The van der Waals surface area contributed by atoms with Crippen molar-refractivity contribution in [2.45, 2.75) is 186 Å². The van der Waals surface area contributed by atoms with E-state index >= 15 is 4.79 Å². The summed E-state index contributed by atoms with van der Waals surface area (Å²) in [5.74, 6) is -2.91. The smallest absolute Gasteiger partial charge is 0.410 e. The summed E-state index contributed by atoms with van der Waals surface area (Å²) in [6.07, 6.45) is -6.84. The summed E-state index contributed by atoms with van der Waals surface area (Å²) in [4.78, 5) is 37.8. The highest BCUT2D eigenvalue weighted by atomic mass is 16.7. The second kappa shape index (κ2) is 19.6. The van der Waals surface area contributed by atoms with E-state index in [4.69, 9.17) is 42.9 Å². The summed E-state index contributed by atoms with van der Waals surface area (Å²) in [7, 11) is 5.42. The predicted molar refractivity (Wildman–Crippen MR) is 236 cm³/mol. The number of hydrogen-bond donors (Lipinski definition) is 2. The SMILES string of the molecule is CO[C@]1(C)CC(O[C@H]2[C@H](C)[C@@H](O[C@H]3O[C@@H](C)C[C@@H](N(C)C)C3O)[C@@](C)(OCc3ccccc3)C[C@@H](C)C3=NCCN4C(=O)O[C@](C)([C@H](C(C)C)OC(=O)[C@@H]2C)[C@H]4[C@@H]3C)O[C@@H](C)C1O. The van der Waals surface area contributed by atoms with Crippen LogP contribution in [0, 0.1) is 29.6 Å². The van der Waals surface area contributed by atoms with Crippen molar-refractivity contribution in [1.82, 2.24) is 9.80 Å². The summed E-state index contributed by atoms with van der Waals surface area (Å²) in [6, 6.07) is 9.16. The molecular formula is C48H77N3O12. The summed E-state index contributed by atoms with van der Waals surface area (Å²) in [6.45, 7) is 22.3. The molecule has 3 unspecified atom stereocenters. The molecule has 5 aliphatic rings. The summed E-state index contributed by atoms with van der Waals surface area (Å²) < 4.78 is 53.2. The molecule has 15 heteroatoms. The standard InChI is InChI=1S/C48H77N3O12/c1-26(2)41-48(11)39-29(5)36(49-20-21-51(39)45(55)63-48)27(3)23-47(10,57-25-33-18-16-15-17-19-33)42(62-44-37(52)34(50(12)13)22-28(4)58-44)30(6)38(31(7)43(54)61-41)60-35-24-46(9,56-14)40(53)32(8)59-35/h15-19,26-32,34-35,37-42,44,52-53H,20-25H2,1-14H3/t27-,28+,29-,30+,31-,32+,34-,35?,37?,38+,39-,40?,41+,42-,44-,46-,47+,48+/m1/s1. The molecule has 4 fully saturated rings. The number of amides is 1. The van der Waals surface area contributed by atoms with Crippen LogP contribution < -0.4 is 0 Å². The van der Waals surface area contributed by atoms with Crippen LogP contribution in [0.2, 0.25) is 0 Å². The number of carbonyl (C=O) groups is 2. The highest BCUT2D eigenvalue weighted by Crippen LogP contribution is 2.46. The van der Waals surface area contributed by atoms with Gasteiger partial charge >= 0.3 is 12.1 Å². The fraction of sp³-hybridized carbons (Fsp3) is 0.812. The fourth-order valence-electron chi connectivity index (χ4n) is 11.5. The van der Waals surface area contributed by atoms with Crippen molar-refractivity contribution in [2.24, 2.45) is 34.6 Å². The van der Waals surface area contributed by atoms with Crippen molar-refractivity contribution < 1.29 is 57.7 Å². The lowest BCUT2D eigenvalue weighted by molar-refractivity contribution is -0.321. The molecule has 2 bridgehead atoms. The van der Waals surface area contributed by atoms with Crippen molar-refractivity contribution >= 4 is 17.8 Å². The predicted octanol–water partition coefficient (Wildman–Crippen LogP) is 5.61. The van der Waals surface area contributed by atoms with Crippen LogP contribution in [0.25, 0.3) is 0 Å². The molecule has 6 rings (SSSR count). The number of esters is 1. The zero-order valence-corrected chi connectivity index (χ0v) is 40.2. The lowest BCUT2D eigenvalue weighted by Crippen LogP contribution is -2.62. The first-order valence-corrected chi connectivity index (χ1v) is 23.2. The number of rotatable bonds is 10. The van der Waals surface area contributed by atoms with E-state index in [1.165, 1.54) is 0 Å². The number of fused-ring (bicyclic) bond motifs is 1. The topological polar surface area (TPSA) is 167 Å². The van der Waals surface area contributed by atoms with E-state index < -0.39 is 95.9 Å². The highest BCUT2D eigenvalue weighted by molar-refractivity contribution is 5.91. The summed E-state index contributed by atoms with van der Waals surface area (Å²) in [5.41, 5.74) is -1.54. The Morgan fingerprint density at radius 3 is 2.25 bits per heavy atom. The van der Waals surface area contributed by atoms with Crippen LogP contribution in [-0.2, 0) is 49.3 Å². The second-order valence-corrected chi connectivity index (χ2v) is 20.4. The van der Waals surface area contributed by atoms with Crippen LogP contribution in [0.5, 0.6) is 0 Å². The maximum atomic E-state index is 15.0. The van der Waals surface area contributed by atoms with Crippen LogP contribution in [0.1, 0.15) is 101 Å². The molecule has 2 N–H and O–H groups in total. The molecule has 4 saturated heterocycles. The zero-order valence-electron chi connectivity index (χ0n) is 40.2. The number of benzene rings is 1. The van der Waals surface area contributed by atoms with E-state index in [1.807, 2.05) is 97.8 Å². The molecule has 1 aromatic carbocycles. The normalized spacial score (nSPS) is 44.1. The second-order valence-electron chi connectivity index (χ2n) is 20.4. The number of carbonyl (C=O) groups excluding carboxylic acids is 2. The third kappa shape index (κ3) is 10.0. The Morgan fingerprint density at radius 2 is 1.62 bits per heavy atom. The monoisotopic (exact) mass is 888 g/mol. The maximum Gasteiger partial charge on any atom is 0.410 e. The number of methoxy groups -OCH3 is 1. The molecule has 63 heavy (non-hydrogen) atoms. The van der Waals surface area contributed by atoms with Gasteiger partial charge < -0.3 is 53.0 Å². The van der Waals surface area contributed by atoms with Crippen molar-refractivity contribution in [2.75, 3.05) is 34.3 Å². The van der Waals surface area contributed by atoms with Crippen LogP contribution in [0.4, 0.5) is 4.79 Å². The van der Waals surface area contributed by atoms with E-state index in [0.29, 0.717) is 25.9 Å². The minimum atomic E-state index is -1.22. The number of nitrogens with zero attached hydrogens (tertiary/aromatic N) is 3. The molecule has 356 valence electrons. The van der Waals surface area contributed by atoms with Gasteiger partial charge in [0.15, 0.2) is 18.2 Å². The third-order valence-corrected chi connectivity index (χ3v) is 14.9. The first-order valence-electron chi connectivity index (χ1n) is 23.2. The van der Waals surface area contributed by atoms with Gasteiger partial charge in [-0.3, -0.25) is 14.7 Å². The Balaban J connectivity index is 1.54. The van der Waals surface area contributed by atoms with Crippen LogP contribution in [-0.4, -0.2) is 156 Å². The summed E-state index contributed by atoms with van der Waals surface area (Å²) in [5, 5.41) is 23.2. The minimum absolute atomic E-state index is 0.161. The van der Waals surface area contributed by atoms with Crippen molar-refractivity contribution in [3.63, 3.8) is 0 Å². The van der Waals surface area contributed by atoms with Gasteiger partial charge in [-0.05, 0) is 85.9 Å². The Bertz CT molecular complexity index is 1750. The Hall–Kier alpha value is -2.73. The number of aliphatic imine (C=N–C) groups is 1. The molecule has 0 spiro atoms. The number of cyclic esters (lactones) is 1. The van der Waals surface area contributed by atoms with E-state index in [0.717, 1.165) is 11.3 Å². The minimum Gasteiger partial charge on any atom is -0.457 e. The molecule has 0 aliphatic carbocycles. The lowest BCUT2D eigenvalue weighted by Gasteiger charge is -2.50. The average Bonchev–Trinajstić information content (AvgIpc) is 3.35. The van der Waals surface area contributed by atoms with Crippen LogP contribution >= 0.6 is 0 Å². The van der Waals surface area contributed by atoms with Gasteiger partial charge in [0.2, 0.25) is 0 Å². The van der Waals surface area contributed by atoms with Crippen LogP contribution in [0.3, 0.4) is 0 Å². The first-order chi connectivity index (χ1) is 29.5. The molecule has 5 heterocycles. The zero-order chi connectivity index (χ0) is 46.3. The first kappa shape index (κ1) is 49.7. The number of aliphatic hydroxyl groups excluding tert-OH is 2. The Morgan fingerprint density at radius 1 is 0.937 bits per heavy atom. The Kier molecular flexibility index (Phi) is 15.5. The van der Waals surface area contributed by atoms with Gasteiger partial charge in [0, 0.05) is 43.7 Å². The van der Waals surface area contributed by atoms with Crippen molar-refractivity contribution in [3.05, 3.63) is 35.9 Å². The van der Waals surface area contributed by atoms with Crippen LogP contribution in [0.15, 0.2) is 35.3 Å². The fourth-order valence-corrected chi connectivity index (χ4v) is 11.5. The highest BCUT2D eigenvalue weighted by Gasteiger charge is 2.62. The van der Waals surface area contributed by atoms with Gasteiger partial charge in [0.05, 0.1) is 60.7 Å². The number of hydrogen-bond acceptors (Lipinski definition) is 14. The number of ether oxygens (including phenoxy) is 8. The average molecular weight is 888 g/mol. The number of likely N-dealkylation sites (N-methyl/N-ethyl adjacent to an activating group) is 1. The molecule has 5 aliphatic heterocycles.